The Bertz CT molecular complexity index is 594. The van der Waals surface area contributed by atoms with Crippen LogP contribution in [0.2, 0.25) is 10.0 Å². The fourth-order valence-corrected chi connectivity index (χ4v) is 2.23. The van der Waals surface area contributed by atoms with Gasteiger partial charge in [-0.1, -0.05) is 35.9 Å². The number of benzene rings is 2. The second-order valence-electron chi connectivity index (χ2n) is 3.94. The topological polar surface area (TPSA) is 52.2 Å². The number of halogens is 2. The van der Waals surface area contributed by atoms with Crippen LogP contribution in [0.3, 0.4) is 0 Å². The maximum Gasteiger partial charge on any atom is 0.250 e. The van der Waals surface area contributed by atoms with Crippen LogP contribution in [-0.4, -0.2) is 5.97 Å². The van der Waals surface area contributed by atoms with E-state index in [1.165, 1.54) is 0 Å². The molecule has 0 saturated heterocycles. The first kappa shape index (κ1) is 13.7. The lowest BCUT2D eigenvalue weighted by molar-refractivity contribution is -0.304. The summed E-state index contributed by atoms with van der Waals surface area (Å²) in [4.78, 5) is 10.7. The molecule has 0 fully saturated rings. The minimum atomic E-state index is -1.13. The zero-order valence-electron chi connectivity index (χ0n) is 9.85. The van der Waals surface area contributed by atoms with Gasteiger partial charge >= 0.3 is 0 Å². The number of hydrogen-bond donors (Lipinski definition) is 1. The average molecular weight is 296 g/mol. The van der Waals surface area contributed by atoms with E-state index in [9.17, 15) is 9.90 Å². The molecule has 0 bridgehead atoms. The van der Waals surface area contributed by atoms with Crippen LogP contribution in [0.1, 0.15) is 5.56 Å². The summed E-state index contributed by atoms with van der Waals surface area (Å²) in [5.41, 5.74) is 1.88. The third-order valence-electron chi connectivity index (χ3n) is 2.59. The molecule has 0 spiro atoms. The molecule has 0 saturated carbocycles. The number of carboxylic acids is 1. The predicted octanol–water partition coefficient (Wildman–Crippen LogP) is 2.07. The first-order valence-corrected chi connectivity index (χ1v) is 6.37. The molecular weight excluding hydrogens is 285 g/mol. The fourth-order valence-electron chi connectivity index (χ4n) is 1.71. The molecule has 0 aromatic heterocycles. The average Bonchev–Trinajstić information content (AvgIpc) is 2.35. The highest BCUT2D eigenvalue weighted by molar-refractivity contribution is 6.33. The van der Waals surface area contributed by atoms with Crippen molar-refractivity contribution in [1.82, 2.24) is 0 Å². The SMILES string of the molecule is O=C([O-])Cc1ccccc1Nc1c(Cl)cccc1[ClH+]. The third kappa shape index (κ3) is 3.40. The third-order valence-corrected chi connectivity index (χ3v) is 3.24. The van der Waals surface area contributed by atoms with Crippen LogP contribution in [-0.2, 0) is 11.2 Å². The monoisotopic (exact) mass is 295 g/mol. The predicted molar refractivity (Wildman–Crippen MR) is 70.4 cm³/mol. The van der Waals surface area contributed by atoms with Gasteiger partial charge < -0.3 is 15.2 Å². The Morgan fingerprint density at radius 3 is 2.63 bits per heavy atom. The van der Waals surface area contributed by atoms with E-state index in [2.05, 4.69) is 5.32 Å². The van der Waals surface area contributed by atoms with Gasteiger partial charge in [0.15, 0.2) is 11.6 Å². The molecule has 0 aliphatic rings. The molecule has 1 N–H and O–H groups in total. The zero-order valence-corrected chi connectivity index (χ0v) is 11.4. The number of rotatable bonds is 4. The van der Waals surface area contributed by atoms with Gasteiger partial charge in [0.25, 0.3) is 0 Å². The van der Waals surface area contributed by atoms with Gasteiger partial charge in [-0.2, -0.15) is 0 Å². The number of carboxylic acid groups (broad SMARTS) is 1. The molecule has 0 amide bonds. The van der Waals surface area contributed by atoms with Crippen molar-refractivity contribution in [2.45, 2.75) is 6.42 Å². The van der Waals surface area contributed by atoms with Crippen molar-refractivity contribution in [1.29, 1.82) is 0 Å². The molecule has 0 unspecified atom stereocenters. The summed E-state index contributed by atoms with van der Waals surface area (Å²) >= 11 is 11.3. The Morgan fingerprint density at radius 1 is 1.21 bits per heavy atom. The van der Waals surface area contributed by atoms with Crippen LogP contribution in [0, 0.1) is 11.6 Å². The van der Waals surface area contributed by atoms with E-state index in [1.54, 1.807) is 42.5 Å². The van der Waals surface area contributed by atoms with Crippen molar-refractivity contribution in [3.05, 3.63) is 58.1 Å². The molecule has 2 rings (SSSR count). The lowest BCUT2D eigenvalue weighted by Gasteiger charge is -2.12. The van der Waals surface area contributed by atoms with Crippen LogP contribution in [0.4, 0.5) is 11.4 Å². The Balaban J connectivity index is 2.36. The Morgan fingerprint density at radius 2 is 1.95 bits per heavy atom. The van der Waals surface area contributed by atoms with E-state index >= 15 is 0 Å². The summed E-state index contributed by atoms with van der Waals surface area (Å²) in [5, 5.41) is 14.9. The van der Waals surface area contributed by atoms with Crippen molar-refractivity contribution < 1.29 is 21.5 Å². The van der Waals surface area contributed by atoms with Gasteiger partial charge in [0.2, 0.25) is 5.02 Å². The lowest BCUT2D eigenvalue weighted by atomic mass is 10.1. The number of aliphatic carboxylic acids is 1. The van der Waals surface area contributed by atoms with Crippen LogP contribution >= 0.6 is 11.6 Å². The molecule has 2 aromatic rings. The fraction of sp³-hybridized carbons (Fsp3) is 0.0714. The highest BCUT2D eigenvalue weighted by atomic mass is 35.5. The molecule has 5 heteroatoms. The smallest absolute Gasteiger partial charge is 0.250 e. The van der Waals surface area contributed by atoms with Gasteiger partial charge in [-0.15, -0.1) is 0 Å². The van der Waals surface area contributed by atoms with Gasteiger partial charge in [0.05, 0.1) is 5.02 Å². The molecule has 0 aliphatic heterocycles. The number of anilines is 2. The highest BCUT2D eigenvalue weighted by Crippen LogP contribution is 2.31. The maximum absolute atomic E-state index is 10.7. The van der Waals surface area contributed by atoms with Crippen LogP contribution in [0.25, 0.3) is 0 Å². The molecule has 2 aromatic carbocycles. The summed E-state index contributed by atoms with van der Waals surface area (Å²) in [7, 11) is 0. The molecule has 0 atom stereocenters. The van der Waals surface area contributed by atoms with E-state index in [4.69, 9.17) is 23.2 Å². The van der Waals surface area contributed by atoms with E-state index in [1.807, 2.05) is 0 Å². The summed E-state index contributed by atoms with van der Waals surface area (Å²) in [5.74, 6) is -1.13. The largest absolute Gasteiger partial charge is 0.550 e. The van der Waals surface area contributed by atoms with E-state index in [-0.39, 0.29) is 6.42 Å². The van der Waals surface area contributed by atoms with Crippen LogP contribution in [0.15, 0.2) is 42.5 Å². The first-order chi connectivity index (χ1) is 9.08. The molecule has 98 valence electrons. The van der Waals surface area contributed by atoms with E-state index in [0.717, 1.165) is 0 Å². The molecule has 19 heavy (non-hydrogen) atoms. The standard InChI is InChI=1S/C14H11Cl2NO2/c15-10-5-3-6-11(16)14(10)17-12-7-2-1-4-9(12)8-13(18)19/h1-7,15,17H,8H2. The number of hydrogen-bond acceptors (Lipinski definition) is 3. The molecular formula is C14H11Cl2NO2. The first-order valence-electron chi connectivity index (χ1n) is 5.58. The summed E-state index contributed by atoms with van der Waals surface area (Å²) in [6.45, 7) is 0. The minimum Gasteiger partial charge on any atom is -0.550 e. The van der Waals surface area contributed by atoms with E-state index < -0.39 is 5.97 Å². The number of carbonyl (C=O) groups excluding carboxylic acids is 1. The normalized spacial score (nSPS) is 10.2. The number of nitrogens with one attached hydrogen (secondary N) is 1. The van der Waals surface area contributed by atoms with Gasteiger partial charge in [-0.25, -0.2) is 0 Å². The van der Waals surface area contributed by atoms with E-state index in [0.29, 0.717) is 27.0 Å². The van der Waals surface area contributed by atoms with Crippen LogP contribution < -0.4 is 10.4 Å². The quantitative estimate of drug-likeness (QED) is 0.939. The Labute approximate surface area is 120 Å². The maximum atomic E-state index is 10.7. The second-order valence-corrected chi connectivity index (χ2v) is 4.79. The Kier molecular flexibility index (Phi) is 4.30. The summed E-state index contributed by atoms with van der Waals surface area (Å²) < 4.78 is 0. The molecule has 3 nitrogen and oxygen atoms in total. The molecule has 0 heterocycles. The Hall–Kier alpha value is -1.71. The van der Waals surface area contributed by atoms with Crippen molar-refractivity contribution in [2.24, 2.45) is 0 Å². The van der Waals surface area contributed by atoms with Gasteiger partial charge in [-0.3, -0.25) is 0 Å². The van der Waals surface area contributed by atoms with Crippen molar-refractivity contribution in [2.75, 3.05) is 5.32 Å². The number of para-hydroxylation sites is 2. The van der Waals surface area contributed by atoms with Gasteiger partial charge in [0, 0.05) is 24.1 Å². The van der Waals surface area contributed by atoms with Crippen molar-refractivity contribution in [3.8, 4) is 0 Å². The molecule has 0 radical (unpaired) electrons. The highest BCUT2D eigenvalue weighted by Gasteiger charge is 2.12. The minimum absolute atomic E-state index is 0.166. The van der Waals surface area contributed by atoms with Gasteiger partial charge in [-0.05, 0) is 17.7 Å². The number of carbonyl (C=O) groups is 1. The zero-order chi connectivity index (χ0) is 13.8. The summed E-state index contributed by atoms with van der Waals surface area (Å²) in [6, 6.07) is 12.3. The summed E-state index contributed by atoms with van der Waals surface area (Å²) in [6.07, 6.45) is -0.166. The van der Waals surface area contributed by atoms with Crippen molar-refractivity contribution >= 4 is 28.9 Å². The second kappa shape index (κ2) is 5.95. The van der Waals surface area contributed by atoms with Crippen LogP contribution in [0.5, 0.6) is 0 Å². The van der Waals surface area contributed by atoms with Gasteiger partial charge in [0.1, 0.15) is 5.69 Å². The lowest BCUT2D eigenvalue weighted by Crippen LogP contribution is -2.24. The molecule has 0 aliphatic carbocycles. The van der Waals surface area contributed by atoms with Crippen molar-refractivity contribution in [3.63, 3.8) is 0 Å².